The minimum absolute atomic E-state index is 0.0239. The molecule has 3 rings (SSSR count). The van der Waals surface area contributed by atoms with Gasteiger partial charge in [-0.1, -0.05) is 30.3 Å². The first-order chi connectivity index (χ1) is 15.5. The monoisotopic (exact) mass is 472 g/mol. The Morgan fingerprint density at radius 3 is 2.18 bits per heavy atom. The van der Waals surface area contributed by atoms with Crippen molar-refractivity contribution in [2.75, 3.05) is 12.3 Å². The summed E-state index contributed by atoms with van der Waals surface area (Å²) in [6, 6.07) is 13.4. The van der Waals surface area contributed by atoms with E-state index in [9.17, 15) is 27.6 Å². The van der Waals surface area contributed by atoms with Crippen LogP contribution in [0.4, 0.5) is 5.82 Å². The third kappa shape index (κ3) is 5.07. The molecule has 0 aliphatic carbocycles. The third-order valence-electron chi connectivity index (χ3n) is 4.80. The number of sulfonamides is 1. The van der Waals surface area contributed by atoms with Crippen molar-refractivity contribution in [3.8, 4) is 0 Å². The van der Waals surface area contributed by atoms with E-state index in [1.165, 1.54) is 19.2 Å². The fourth-order valence-corrected chi connectivity index (χ4v) is 3.55. The second kappa shape index (κ2) is 9.22. The Kier molecular flexibility index (Phi) is 6.60. The van der Waals surface area contributed by atoms with E-state index < -0.39 is 45.2 Å². The zero-order chi connectivity index (χ0) is 24.3. The Morgan fingerprint density at radius 1 is 1.00 bits per heavy atom. The van der Waals surface area contributed by atoms with Gasteiger partial charge in [0.25, 0.3) is 5.56 Å². The molecule has 0 bridgehead atoms. The molecule has 33 heavy (non-hydrogen) atoms. The Balaban J connectivity index is 1.84. The van der Waals surface area contributed by atoms with Gasteiger partial charge in [-0.05, 0) is 29.8 Å². The summed E-state index contributed by atoms with van der Waals surface area (Å²) in [6.07, 6.45) is 0. The molecule has 0 fully saturated rings. The SMILES string of the molecule is Cn1c(=O)c(C(=O)COC(=O)c2ccc(S(N)(=O)=O)cc2)c(N)n(Cc2ccccc2)c1=O. The van der Waals surface area contributed by atoms with Crippen LogP contribution in [0.3, 0.4) is 0 Å². The second-order valence-corrected chi connectivity index (χ2v) is 8.61. The maximum Gasteiger partial charge on any atom is 0.338 e. The van der Waals surface area contributed by atoms with Crippen molar-refractivity contribution in [3.05, 3.63) is 92.1 Å². The quantitative estimate of drug-likeness (QED) is 0.353. The van der Waals surface area contributed by atoms with Crippen molar-refractivity contribution in [1.29, 1.82) is 0 Å². The predicted molar refractivity (Wildman–Crippen MR) is 118 cm³/mol. The maximum atomic E-state index is 12.7. The average Bonchev–Trinajstić information content (AvgIpc) is 2.79. The summed E-state index contributed by atoms with van der Waals surface area (Å²) in [4.78, 5) is 49.8. The number of nitrogens with two attached hydrogens (primary N) is 2. The molecule has 172 valence electrons. The van der Waals surface area contributed by atoms with E-state index in [4.69, 9.17) is 15.6 Å². The number of ether oxygens (including phenoxy) is 1. The molecule has 0 radical (unpaired) electrons. The molecule has 1 aromatic heterocycles. The van der Waals surface area contributed by atoms with Crippen LogP contribution < -0.4 is 22.1 Å². The number of carbonyl (C=O) groups is 2. The van der Waals surface area contributed by atoms with Gasteiger partial charge in [-0.15, -0.1) is 0 Å². The van der Waals surface area contributed by atoms with Crippen molar-refractivity contribution in [2.45, 2.75) is 11.4 Å². The van der Waals surface area contributed by atoms with E-state index in [1.807, 2.05) is 0 Å². The van der Waals surface area contributed by atoms with Gasteiger partial charge in [0.2, 0.25) is 15.8 Å². The highest BCUT2D eigenvalue weighted by Gasteiger charge is 2.23. The summed E-state index contributed by atoms with van der Waals surface area (Å²) in [5.74, 6) is -2.17. The highest BCUT2D eigenvalue weighted by atomic mass is 32.2. The summed E-state index contributed by atoms with van der Waals surface area (Å²) < 4.78 is 29.4. The highest BCUT2D eigenvalue weighted by Crippen LogP contribution is 2.12. The zero-order valence-electron chi connectivity index (χ0n) is 17.4. The zero-order valence-corrected chi connectivity index (χ0v) is 18.2. The van der Waals surface area contributed by atoms with E-state index in [0.29, 0.717) is 0 Å². The van der Waals surface area contributed by atoms with Crippen LogP contribution in [0.5, 0.6) is 0 Å². The second-order valence-electron chi connectivity index (χ2n) is 7.05. The minimum atomic E-state index is -3.94. The first kappa shape index (κ1) is 23.6. The number of carbonyl (C=O) groups excluding carboxylic acids is 2. The molecule has 3 aromatic rings. The van der Waals surface area contributed by atoms with Crippen molar-refractivity contribution >= 4 is 27.6 Å². The lowest BCUT2D eigenvalue weighted by molar-refractivity contribution is 0.0474. The van der Waals surface area contributed by atoms with Gasteiger partial charge in [-0.2, -0.15) is 0 Å². The van der Waals surface area contributed by atoms with E-state index in [2.05, 4.69) is 0 Å². The predicted octanol–water partition coefficient (Wildman–Crippen LogP) is -0.135. The normalized spacial score (nSPS) is 11.2. The molecule has 0 aliphatic heterocycles. The highest BCUT2D eigenvalue weighted by molar-refractivity contribution is 7.89. The Hall–Kier alpha value is -4.03. The topological polar surface area (TPSA) is 174 Å². The third-order valence-corrected chi connectivity index (χ3v) is 5.73. The van der Waals surface area contributed by atoms with Gasteiger partial charge in [-0.25, -0.2) is 23.1 Å². The first-order valence-corrected chi connectivity index (χ1v) is 11.0. The number of rotatable bonds is 7. The van der Waals surface area contributed by atoms with E-state index in [0.717, 1.165) is 26.8 Å². The van der Waals surface area contributed by atoms with Gasteiger partial charge in [0.05, 0.1) is 17.0 Å². The molecule has 0 atom stereocenters. The largest absolute Gasteiger partial charge is 0.454 e. The van der Waals surface area contributed by atoms with Gasteiger partial charge in [0.1, 0.15) is 11.4 Å². The Labute approximate surface area is 187 Å². The lowest BCUT2D eigenvalue weighted by atomic mass is 10.2. The summed E-state index contributed by atoms with van der Waals surface area (Å²) in [7, 11) is -2.73. The summed E-state index contributed by atoms with van der Waals surface area (Å²) in [5.41, 5.74) is 4.58. The molecule has 0 spiro atoms. The van der Waals surface area contributed by atoms with Gasteiger partial charge >= 0.3 is 11.7 Å². The number of primary sulfonamides is 1. The summed E-state index contributed by atoms with van der Waals surface area (Å²) in [6.45, 7) is -0.797. The first-order valence-electron chi connectivity index (χ1n) is 9.47. The van der Waals surface area contributed by atoms with Gasteiger partial charge in [0, 0.05) is 7.05 Å². The number of hydrogen-bond donors (Lipinski definition) is 2. The Bertz CT molecular complexity index is 1440. The van der Waals surface area contributed by atoms with E-state index in [1.54, 1.807) is 30.3 Å². The van der Waals surface area contributed by atoms with Crippen LogP contribution in [-0.4, -0.2) is 35.9 Å². The number of Topliss-reactive ketones (excluding diaryl/α,β-unsaturated/α-hetero) is 1. The molecular weight excluding hydrogens is 452 g/mol. The van der Waals surface area contributed by atoms with Crippen LogP contribution in [0.25, 0.3) is 0 Å². The van der Waals surface area contributed by atoms with Crippen LogP contribution in [0, 0.1) is 0 Å². The number of benzene rings is 2. The van der Waals surface area contributed by atoms with Gasteiger partial charge in [0.15, 0.2) is 6.61 Å². The standard InChI is InChI=1S/C21H20N4O7S/c1-24-19(27)17(18(22)25(21(24)29)11-13-5-3-2-4-6-13)16(26)12-32-20(28)14-7-9-15(10-8-14)33(23,30)31/h2-10H,11-12,22H2,1H3,(H2,23,30,31). The summed E-state index contributed by atoms with van der Waals surface area (Å²) in [5, 5.41) is 5.00. The molecule has 0 aliphatic rings. The van der Waals surface area contributed by atoms with Crippen LogP contribution in [0.1, 0.15) is 26.3 Å². The molecular formula is C21H20N4O7S. The lowest BCUT2D eigenvalue weighted by Crippen LogP contribution is -2.43. The number of ketones is 1. The number of hydrogen-bond acceptors (Lipinski definition) is 8. The molecule has 0 saturated carbocycles. The molecule has 2 aromatic carbocycles. The summed E-state index contributed by atoms with van der Waals surface area (Å²) >= 11 is 0. The number of nitrogen functional groups attached to an aromatic ring is 1. The number of nitrogens with zero attached hydrogens (tertiary/aromatic N) is 2. The molecule has 11 nitrogen and oxygen atoms in total. The van der Waals surface area contributed by atoms with Gasteiger partial charge < -0.3 is 10.5 Å². The molecule has 4 N–H and O–H groups in total. The van der Waals surface area contributed by atoms with Crippen molar-refractivity contribution in [1.82, 2.24) is 9.13 Å². The van der Waals surface area contributed by atoms with Gasteiger partial charge in [-0.3, -0.25) is 18.7 Å². The molecule has 1 heterocycles. The number of aromatic nitrogens is 2. The maximum absolute atomic E-state index is 12.7. The van der Waals surface area contributed by atoms with Crippen LogP contribution in [-0.2, 0) is 28.4 Å². The fourth-order valence-electron chi connectivity index (χ4n) is 3.03. The smallest absolute Gasteiger partial charge is 0.338 e. The van der Waals surface area contributed by atoms with Crippen molar-refractivity contribution in [2.24, 2.45) is 12.2 Å². The van der Waals surface area contributed by atoms with E-state index >= 15 is 0 Å². The van der Waals surface area contributed by atoms with E-state index in [-0.39, 0.29) is 22.8 Å². The molecule has 0 amide bonds. The minimum Gasteiger partial charge on any atom is -0.454 e. The van der Waals surface area contributed by atoms with Crippen LogP contribution >= 0.6 is 0 Å². The molecule has 0 unspecified atom stereocenters. The molecule has 0 saturated heterocycles. The number of anilines is 1. The van der Waals surface area contributed by atoms with Crippen LogP contribution in [0.2, 0.25) is 0 Å². The van der Waals surface area contributed by atoms with Crippen LogP contribution in [0.15, 0.2) is 69.1 Å². The van der Waals surface area contributed by atoms with Crippen molar-refractivity contribution < 1.29 is 22.7 Å². The fraction of sp³-hybridized carbons (Fsp3) is 0.143. The Morgan fingerprint density at radius 2 is 1.61 bits per heavy atom. The lowest BCUT2D eigenvalue weighted by Gasteiger charge is -2.14. The average molecular weight is 472 g/mol. The number of esters is 1. The van der Waals surface area contributed by atoms with Crippen molar-refractivity contribution in [3.63, 3.8) is 0 Å². The molecule has 12 heteroatoms.